The molecule has 104 valence electrons. The van der Waals surface area contributed by atoms with Gasteiger partial charge in [0.25, 0.3) is 0 Å². The Balaban J connectivity index is 3.54. The van der Waals surface area contributed by atoms with E-state index in [1.54, 1.807) is 0 Å². The molecular formula is C12H9F6N. The van der Waals surface area contributed by atoms with Crippen molar-refractivity contribution in [3.05, 3.63) is 53.7 Å². The molecule has 0 atom stereocenters. The van der Waals surface area contributed by atoms with Gasteiger partial charge in [0.1, 0.15) is 0 Å². The SMILES string of the molecule is C=C/C(=C\N)c1cc(C(F)(F)F)cc(C(F)(F)F)c1. The molecule has 0 bridgehead atoms. The lowest BCUT2D eigenvalue weighted by Gasteiger charge is -2.14. The Morgan fingerprint density at radius 1 is 0.947 bits per heavy atom. The van der Waals surface area contributed by atoms with E-state index in [0.717, 1.165) is 12.3 Å². The molecule has 7 heteroatoms. The highest BCUT2D eigenvalue weighted by atomic mass is 19.4. The summed E-state index contributed by atoms with van der Waals surface area (Å²) in [6, 6.07) is 1.24. The van der Waals surface area contributed by atoms with E-state index in [4.69, 9.17) is 5.73 Å². The summed E-state index contributed by atoms with van der Waals surface area (Å²) in [5.41, 5.74) is 2.05. The number of rotatable bonds is 2. The number of hydrogen-bond acceptors (Lipinski definition) is 1. The monoisotopic (exact) mass is 281 g/mol. The highest BCUT2D eigenvalue weighted by Gasteiger charge is 2.36. The summed E-state index contributed by atoms with van der Waals surface area (Å²) in [7, 11) is 0. The van der Waals surface area contributed by atoms with Crippen molar-refractivity contribution in [2.24, 2.45) is 5.73 Å². The molecule has 0 aliphatic heterocycles. The van der Waals surface area contributed by atoms with Crippen molar-refractivity contribution in [3.63, 3.8) is 0 Å². The van der Waals surface area contributed by atoms with Crippen LogP contribution in [0.15, 0.2) is 37.1 Å². The van der Waals surface area contributed by atoms with Gasteiger partial charge in [-0.3, -0.25) is 0 Å². The maximum absolute atomic E-state index is 12.6. The molecule has 0 heterocycles. The fourth-order valence-electron chi connectivity index (χ4n) is 1.40. The van der Waals surface area contributed by atoms with E-state index in [1.807, 2.05) is 0 Å². The molecule has 1 rings (SSSR count). The molecule has 1 aromatic carbocycles. The molecule has 0 fully saturated rings. The van der Waals surface area contributed by atoms with Crippen LogP contribution in [0.25, 0.3) is 5.57 Å². The van der Waals surface area contributed by atoms with Crippen LogP contribution in [0.4, 0.5) is 26.3 Å². The maximum atomic E-state index is 12.6. The summed E-state index contributed by atoms with van der Waals surface area (Å²) in [6.45, 7) is 3.28. The molecule has 0 unspecified atom stereocenters. The van der Waals surface area contributed by atoms with Crippen molar-refractivity contribution >= 4 is 5.57 Å². The second kappa shape index (κ2) is 4.99. The minimum atomic E-state index is -4.88. The molecule has 0 saturated carbocycles. The zero-order valence-corrected chi connectivity index (χ0v) is 9.44. The van der Waals surface area contributed by atoms with E-state index in [0.29, 0.717) is 12.1 Å². The quantitative estimate of drug-likeness (QED) is 0.637. The van der Waals surface area contributed by atoms with E-state index >= 15 is 0 Å². The van der Waals surface area contributed by atoms with Gasteiger partial charge in [-0.1, -0.05) is 12.7 Å². The Morgan fingerprint density at radius 3 is 1.63 bits per heavy atom. The largest absolute Gasteiger partial charge is 0.416 e. The molecule has 0 saturated heterocycles. The third-order valence-electron chi connectivity index (χ3n) is 2.32. The highest BCUT2D eigenvalue weighted by Crippen LogP contribution is 2.37. The molecule has 0 aliphatic carbocycles. The Labute approximate surface area is 105 Å². The predicted molar refractivity (Wildman–Crippen MR) is 58.8 cm³/mol. The van der Waals surface area contributed by atoms with Crippen LogP contribution in [0.2, 0.25) is 0 Å². The first-order valence-corrected chi connectivity index (χ1v) is 4.93. The lowest BCUT2D eigenvalue weighted by Crippen LogP contribution is -2.11. The summed E-state index contributed by atoms with van der Waals surface area (Å²) in [4.78, 5) is 0. The topological polar surface area (TPSA) is 26.0 Å². The van der Waals surface area contributed by atoms with Gasteiger partial charge in [-0.15, -0.1) is 0 Å². The third kappa shape index (κ3) is 3.52. The number of benzene rings is 1. The summed E-state index contributed by atoms with van der Waals surface area (Å²) in [6.07, 6.45) is -7.79. The summed E-state index contributed by atoms with van der Waals surface area (Å²) in [5, 5.41) is 0. The van der Waals surface area contributed by atoms with Crippen LogP contribution < -0.4 is 5.73 Å². The summed E-state index contributed by atoms with van der Waals surface area (Å²) < 4.78 is 75.4. The number of nitrogens with two attached hydrogens (primary N) is 1. The minimum absolute atomic E-state index is 0.0170. The van der Waals surface area contributed by atoms with Gasteiger partial charge < -0.3 is 5.73 Å². The van der Waals surface area contributed by atoms with Crippen LogP contribution in [-0.2, 0) is 12.4 Å². The van der Waals surface area contributed by atoms with Crippen molar-refractivity contribution in [3.8, 4) is 0 Å². The fraction of sp³-hybridized carbons (Fsp3) is 0.167. The number of hydrogen-bond donors (Lipinski definition) is 1. The second-order valence-electron chi connectivity index (χ2n) is 3.62. The van der Waals surface area contributed by atoms with Crippen LogP contribution >= 0.6 is 0 Å². The van der Waals surface area contributed by atoms with Crippen LogP contribution in [-0.4, -0.2) is 0 Å². The number of allylic oxidation sites excluding steroid dienone is 2. The van der Waals surface area contributed by atoms with Crippen molar-refractivity contribution in [2.75, 3.05) is 0 Å². The maximum Gasteiger partial charge on any atom is 0.416 e. The minimum Gasteiger partial charge on any atom is -0.404 e. The van der Waals surface area contributed by atoms with Crippen molar-refractivity contribution in [1.82, 2.24) is 0 Å². The summed E-state index contributed by atoms with van der Waals surface area (Å²) >= 11 is 0. The van der Waals surface area contributed by atoms with Crippen LogP contribution in [0.3, 0.4) is 0 Å². The first kappa shape index (κ1) is 15.1. The van der Waals surface area contributed by atoms with E-state index in [2.05, 4.69) is 6.58 Å². The van der Waals surface area contributed by atoms with Crippen molar-refractivity contribution in [2.45, 2.75) is 12.4 Å². The van der Waals surface area contributed by atoms with Gasteiger partial charge in [0.2, 0.25) is 0 Å². The molecule has 1 nitrogen and oxygen atoms in total. The highest BCUT2D eigenvalue weighted by molar-refractivity contribution is 5.74. The summed E-state index contributed by atoms with van der Waals surface area (Å²) in [5.74, 6) is 0. The molecule has 0 aliphatic rings. The molecule has 0 amide bonds. The first-order chi connectivity index (χ1) is 8.59. The van der Waals surface area contributed by atoms with Gasteiger partial charge >= 0.3 is 12.4 Å². The van der Waals surface area contributed by atoms with Crippen molar-refractivity contribution in [1.29, 1.82) is 0 Å². The average Bonchev–Trinajstić information content (AvgIpc) is 2.28. The fourth-order valence-corrected chi connectivity index (χ4v) is 1.40. The predicted octanol–water partition coefficient (Wildman–Crippen LogP) is 4.21. The Morgan fingerprint density at radius 2 is 1.37 bits per heavy atom. The standard InChI is InChI=1S/C12H9F6N/c1-2-7(6-19)8-3-9(11(13,14)15)5-10(4-8)12(16,17)18/h2-6H,1,19H2/b7-6+. The number of alkyl halides is 6. The van der Waals surface area contributed by atoms with E-state index in [1.165, 1.54) is 0 Å². The zero-order valence-electron chi connectivity index (χ0n) is 9.44. The molecule has 1 aromatic rings. The van der Waals surface area contributed by atoms with Crippen LogP contribution in [0, 0.1) is 0 Å². The smallest absolute Gasteiger partial charge is 0.404 e. The lowest BCUT2D eigenvalue weighted by atomic mass is 9.99. The van der Waals surface area contributed by atoms with Gasteiger partial charge in [0, 0.05) is 6.20 Å². The average molecular weight is 281 g/mol. The van der Waals surface area contributed by atoms with Crippen molar-refractivity contribution < 1.29 is 26.3 Å². The van der Waals surface area contributed by atoms with E-state index < -0.39 is 23.5 Å². The Kier molecular flexibility index (Phi) is 3.97. The first-order valence-electron chi connectivity index (χ1n) is 4.93. The normalized spacial score (nSPS) is 13.5. The second-order valence-corrected chi connectivity index (χ2v) is 3.62. The van der Waals surface area contributed by atoms with Gasteiger partial charge in [0.05, 0.1) is 11.1 Å². The van der Waals surface area contributed by atoms with E-state index in [-0.39, 0.29) is 17.2 Å². The molecule has 0 radical (unpaired) electrons. The lowest BCUT2D eigenvalue weighted by molar-refractivity contribution is -0.143. The molecule has 0 aromatic heterocycles. The Bertz CT molecular complexity index is 478. The van der Waals surface area contributed by atoms with Gasteiger partial charge in [-0.05, 0) is 29.3 Å². The third-order valence-corrected chi connectivity index (χ3v) is 2.32. The Hall–Kier alpha value is -1.92. The molecule has 2 N–H and O–H groups in total. The van der Waals surface area contributed by atoms with Gasteiger partial charge in [-0.2, -0.15) is 26.3 Å². The van der Waals surface area contributed by atoms with Gasteiger partial charge in [0.15, 0.2) is 0 Å². The van der Waals surface area contributed by atoms with Crippen LogP contribution in [0.5, 0.6) is 0 Å². The molecular weight excluding hydrogens is 272 g/mol. The number of halogens is 6. The molecule has 19 heavy (non-hydrogen) atoms. The van der Waals surface area contributed by atoms with E-state index in [9.17, 15) is 26.3 Å². The molecule has 0 spiro atoms. The zero-order chi connectivity index (χ0) is 14.8. The van der Waals surface area contributed by atoms with Gasteiger partial charge in [-0.25, -0.2) is 0 Å². The van der Waals surface area contributed by atoms with Crippen LogP contribution in [0.1, 0.15) is 16.7 Å².